The molecule has 0 spiro atoms. The first kappa shape index (κ1) is 20.4. The van der Waals surface area contributed by atoms with Crippen molar-refractivity contribution < 1.29 is 13.6 Å². The predicted octanol–water partition coefficient (Wildman–Crippen LogP) is 4.19. The minimum Gasteiger partial charge on any atom is -0.351 e. The number of benzene rings is 2. The van der Waals surface area contributed by atoms with Crippen molar-refractivity contribution in [1.29, 1.82) is 0 Å². The number of aryl methyl sites for hydroxylation is 1. The molecule has 7 heteroatoms. The standard InChI is InChI=1S/C22H22F2N4O/c23-22(24,14-13-18-9-3-1-4-10-18)21(29)25-15-7-8-16-28-17-20(26-27-28)19-11-5-2-6-12-19/h1-6,9-14,17H,7-8,15-16H2,(H,25,29)/b14-13+. The third-order valence-electron chi connectivity index (χ3n) is 4.30. The van der Waals surface area contributed by atoms with Crippen molar-refractivity contribution in [1.82, 2.24) is 20.3 Å². The van der Waals surface area contributed by atoms with Gasteiger partial charge in [-0.3, -0.25) is 9.48 Å². The van der Waals surface area contributed by atoms with E-state index >= 15 is 0 Å². The summed E-state index contributed by atoms with van der Waals surface area (Å²) in [5, 5.41) is 10.5. The second kappa shape index (κ2) is 9.73. The van der Waals surface area contributed by atoms with Crippen molar-refractivity contribution in [3.05, 3.63) is 78.5 Å². The smallest absolute Gasteiger partial charge is 0.343 e. The van der Waals surface area contributed by atoms with E-state index in [4.69, 9.17) is 0 Å². The number of nitrogens with one attached hydrogen (secondary N) is 1. The Balaban J connectivity index is 1.39. The number of amides is 1. The van der Waals surface area contributed by atoms with Gasteiger partial charge in [-0.2, -0.15) is 8.78 Å². The fourth-order valence-electron chi connectivity index (χ4n) is 2.71. The van der Waals surface area contributed by atoms with Crippen LogP contribution < -0.4 is 5.32 Å². The van der Waals surface area contributed by atoms with Crippen LogP contribution in [0.1, 0.15) is 18.4 Å². The van der Waals surface area contributed by atoms with Crippen molar-refractivity contribution in [2.24, 2.45) is 0 Å². The van der Waals surface area contributed by atoms with Crippen LogP contribution in [0.4, 0.5) is 8.78 Å². The third kappa shape index (κ3) is 6.07. The highest BCUT2D eigenvalue weighted by Gasteiger charge is 2.35. The number of carbonyl (C=O) groups is 1. The summed E-state index contributed by atoms with van der Waals surface area (Å²) in [6, 6.07) is 18.4. The molecule has 2 aromatic carbocycles. The van der Waals surface area contributed by atoms with Crippen molar-refractivity contribution in [2.75, 3.05) is 6.54 Å². The molecular weight excluding hydrogens is 374 g/mol. The first-order chi connectivity index (χ1) is 14.0. The summed E-state index contributed by atoms with van der Waals surface area (Å²) in [6.45, 7) is 0.772. The molecule has 0 aliphatic carbocycles. The molecule has 0 fully saturated rings. The lowest BCUT2D eigenvalue weighted by molar-refractivity contribution is -0.139. The molecule has 29 heavy (non-hydrogen) atoms. The van der Waals surface area contributed by atoms with E-state index in [1.54, 1.807) is 35.0 Å². The van der Waals surface area contributed by atoms with Crippen molar-refractivity contribution in [2.45, 2.75) is 25.3 Å². The van der Waals surface area contributed by atoms with Gasteiger partial charge in [-0.15, -0.1) is 5.10 Å². The summed E-state index contributed by atoms with van der Waals surface area (Å²) in [5.74, 6) is -4.84. The molecule has 5 nitrogen and oxygen atoms in total. The normalized spacial score (nSPS) is 11.7. The van der Waals surface area contributed by atoms with Gasteiger partial charge in [-0.25, -0.2) is 0 Å². The molecule has 0 aliphatic heterocycles. The zero-order valence-electron chi connectivity index (χ0n) is 15.8. The van der Waals surface area contributed by atoms with Crippen LogP contribution in [0.5, 0.6) is 0 Å². The van der Waals surface area contributed by atoms with Crippen molar-refractivity contribution in [3.63, 3.8) is 0 Å². The first-order valence-electron chi connectivity index (χ1n) is 9.40. The first-order valence-corrected chi connectivity index (χ1v) is 9.40. The van der Waals surface area contributed by atoms with E-state index in [2.05, 4.69) is 15.6 Å². The largest absolute Gasteiger partial charge is 0.351 e. The SMILES string of the molecule is O=C(NCCCCn1cc(-c2ccccc2)nn1)C(F)(F)/C=C/c1ccccc1. The highest BCUT2D eigenvalue weighted by atomic mass is 19.3. The molecule has 0 bridgehead atoms. The van der Waals surface area contributed by atoms with E-state index in [9.17, 15) is 13.6 Å². The molecule has 0 unspecified atom stereocenters. The Morgan fingerprint density at radius 3 is 2.45 bits per heavy atom. The molecule has 1 heterocycles. The lowest BCUT2D eigenvalue weighted by Gasteiger charge is -2.12. The summed E-state index contributed by atoms with van der Waals surface area (Å²) in [7, 11) is 0. The lowest BCUT2D eigenvalue weighted by Crippen LogP contribution is -2.39. The molecule has 0 aliphatic rings. The minimum absolute atomic E-state index is 0.174. The molecule has 1 N–H and O–H groups in total. The number of rotatable bonds is 9. The number of unbranched alkanes of at least 4 members (excludes halogenated alkanes) is 1. The number of nitrogens with zero attached hydrogens (tertiary/aromatic N) is 3. The summed E-state index contributed by atoms with van der Waals surface area (Å²) in [6.07, 6.45) is 4.96. The van der Waals surface area contributed by atoms with E-state index in [0.717, 1.165) is 11.3 Å². The Morgan fingerprint density at radius 1 is 1.03 bits per heavy atom. The van der Waals surface area contributed by atoms with Crippen LogP contribution in [0.3, 0.4) is 0 Å². The van der Waals surface area contributed by atoms with E-state index in [-0.39, 0.29) is 6.54 Å². The number of halogens is 2. The molecule has 1 aromatic heterocycles. The van der Waals surface area contributed by atoms with Gasteiger partial charge < -0.3 is 5.32 Å². The molecule has 3 rings (SSSR count). The Labute approximate surface area is 168 Å². The van der Waals surface area contributed by atoms with E-state index < -0.39 is 11.8 Å². The summed E-state index contributed by atoms with van der Waals surface area (Å²) < 4.78 is 29.5. The molecule has 0 saturated carbocycles. The van der Waals surface area contributed by atoms with E-state index in [1.807, 2.05) is 36.5 Å². The van der Waals surface area contributed by atoms with Gasteiger partial charge in [0, 0.05) is 18.7 Å². The van der Waals surface area contributed by atoms with Gasteiger partial charge in [0.25, 0.3) is 5.91 Å². The molecule has 0 saturated heterocycles. The maximum Gasteiger partial charge on any atom is 0.343 e. The third-order valence-corrected chi connectivity index (χ3v) is 4.30. The fraction of sp³-hybridized carbons (Fsp3) is 0.227. The summed E-state index contributed by atoms with van der Waals surface area (Å²) in [5.41, 5.74) is 2.38. The summed E-state index contributed by atoms with van der Waals surface area (Å²) in [4.78, 5) is 11.7. The van der Waals surface area contributed by atoms with Gasteiger partial charge in [-0.1, -0.05) is 72.0 Å². The Kier molecular flexibility index (Phi) is 6.84. The topological polar surface area (TPSA) is 59.8 Å². The zero-order chi connectivity index (χ0) is 20.5. The van der Waals surface area contributed by atoms with Gasteiger partial charge >= 0.3 is 5.92 Å². The van der Waals surface area contributed by atoms with Crippen LogP contribution in [-0.2, 0) is 11.3 Å². The second-order valence-electron chi connectivity index (χ2n) is 6.56. The molecular formula is C22H22F2N4O. The maximum absolute atomic E-state index is 13.9. The van der Waals surface area contributed by atoms with E-state index in [0.29, 0.717) is 31.0 Å². The van der Waals surface area contributed by atoms with Crippen LogP contribution in [0.15, 0.2) is 72.9 Å². The summed E-state index contributed by atoms with van der Waals surface area (Å²) >= 11 is 0. The predicted molar refractivity (Wildman–Crippen MR) is 108 cm³/mol. The highest BCUT2D eigenvalue weighted by Crippen LogP contribution is 2.18. The average Bonchev–Trinajstić information content (AvgIpc) is 3.22. The van der Waals surface area contributed by atoms with Gasteiger partial charge in [0.2, 0.25) is 0 Å². The van der Waals surface area contributed by atoms with E-state index in [1.165, 1.54) is 6.08 Å². The van der Waals surface area contributed by atoms with Crippen molar-refractivity contribution >= 4 is 12.0 Å². The second-order valence-corrected chi connectivity index (χ2v) is 6.56. The quantitative estimate of drug-likeness (QED) is 0.552. The lowest BCUT2D eigenvalue weighted by atomic mass is 10.2. The number of hydrogen-bond acceptors (Lipinski definition) is 3. The monoisotopic (exact) mass is 396 g/mol. The fourth-order valence-corrected chi connectivity index (χ4v) is 2.71. The van der Waals surface area contributed by atoms with Crippen LogP contribution >= 0.6 is 0 Å². The number of hydrogen-bond donors (Lipinski definition) is 1. The van der Waals surface area contributed by atoms with Crippen LogP contribution in [0, 0.1) is 0 Å². The zero-order valence-corrected chi connectivity index (χ0v) is 15.8. The van der Waals surface area contributed by atoms with Gasteiger partial charge in [0.1, 0.15) is 5.69 Å². The molecule has 150 valence electrons. The van der Waals surface area contributed by atoms with Crippen molar-refractivity contribution in [3.8, 4) is 11.3 Å². The molecule has 1 amide bonds. The van der Waals surface area contributed by atoms with Crippen LogP contribution in [-0.4, -0.2) is 33.4 Å². The number of aromatic nitrogens is 3. The van der Waals surface area contributed by atoms with Crippen LogP contribution in [0.2, 0.25) is 0 Å². The highest BCUT2D eigenvalue weighted by molar-refractivity contribution is 5.86. The van der Waals surface area contributed by atoms with Gasteiger partial charge in [0.15, 0.2) is 0 Å². The maximum atomic E-state index is 13.9. The van der Waals surface area contributed by atoms with Gasteiger partial charge in [-0.05, 0) is 24.5 Å². The Bertz CT molecular complexity index is 940. The molecule has 0 radical (unpaired) electrons. The van der Waals surface area contributed by atoms with Gasteiger partial charge in [0.05, 0.1) is 6.20 Å². The minimum atomic E-state index is -3.55. The Morgan fingerprint density at radius 2 is 1.72 bits per heavy atom. The average molecular weight is 396 g/mol. The number of alkyl halides is 2. The van der Waals surface area contributed by atoms with Crippen LogP contribution in [0.25, 0.3) is 17.3 Å². The molecule has 3 aromatic rings. The molecule has 0 atom stereocenters. The number of carbonyl (C=O) groups excluding carboxylic acids is 1. The Hall–Kier alpha value is -3.35.